The lowest BCUT2D eigenvalue weighted by molar-refractivity contribution is 0.992. The van der Waals surface area contributed by atoms with Crippen LogP contribution in [-0.4, -0.2) is 14.6 Å². The zero-order valence-electron chi connectivity index (χ0n) is 8.71. The Morgan fingerprint density at radius 1 is 1.31 bits per heavy atom. The second kappa shape index (κ2) is 3.31. The molecule has 0 fully saturated rings. The number of nitrogens with two attached hydrogens (primary N) is 1. The van der Waals surface area contributed by atoms with Gasteiger partial charge in [0, 0.05) is 10.9 Å². The molecule has 2 N–H and O–H groups in total. The first-order valence-corrected chi connectivity index (χ1v) is 5.79. The fourth-order valence-electron chi connectivity index (χ4n) is 1.64. The Balaban J connectivity index is 2.23. The van der Waals surface area contributed by atoms with E-state index < -0.39 is 0 Å². The SMILES string of the molecule is Cc1ccccc1-c1nc2scc(N)n2n1. The first-order valence-electron chi connectivity index (χ1n) is 4.91. The summed E-state index contributed by atoms with van der Waals surface area (Å²) in [6.07, 6.45) is 0. The highest BCUT2D eigenvalue weighted by atomic mass is 32.1. The first-order chi connectivity index (χ1) is 7.75. The van der Waals surface area contributed by atoms with Gasteiger partial charge in [-0.15, -0.1) is 16.4 Å². The largest absolute Gasteiger partial charge is 0.383 e. The molecule has 0 amide bonds. The molecule has 2 aromatic heterocycles. The average molecular weight is 230 g/mol. The van der Waals surface area contributed by atoms with E-state index in [9.17, 15) is 0 Å². The van der Waals surface area contributed by atoms with Crippen molar-refractivity contribution >= 4 is 22.1 Å². The van der Waals surface area contributed by atoms with E-state index >= 15 is 0 Å². The Morgan fingerprint density at radius 3 is 2.88 bits per heavy atom. The van der Waals surface area contributed by atoms with Crippen molar-refractivity contribution in [2.45, 2.75) is 6.92 Å². The van der Waals surface area contributed by atoms with E-state index in [4.69, 9.17) is 5.73 Å². The Bertz CT molecular complexity index is 653. The Kier molecular flexibility index (Phi) is 1.94. The van der Waals surface area contributed by atoms with Crippen molar-refractivity contribution in [3.8, 4) is 11.4 Å². The Labute approximate surface area is 96.4 Å². The molecule has 0 aliphatic rings. The summed E-state index contributed by atoms with van der Waals surface area (Å²) in [4.78, 5) is 5.28. The van der Waals surface area contributed by atoms with Crippen LogP contribution in [0.3, 0.4) is 0 Å². The monoisotopic (exact) mass is 230 g/mol. The van der Waals surface area contributed by atoms with E-state index in [2.05, 4.69) is 10.1 Å². The predicted molar refractivity (Wildman–Crippen MR) is 65.4 cm³/mol. The topological polar surface area (TPSA) is 56.2 Å². The fraction of sp³-hybridized carbons (Fsp3) is 0.0909. The van der Waals surface area contributed by atoms with Crippen molar-refractivity contribution in [1.82, 2.24) is 14.6 Å². The van der Waals surface area contributed by atoms with Crippen LogP contribution in [0.2, 0.25) is 0 Å². The molecule has 0 atom stereocenters. The number of thiazole rings is 1. The molecule has 16 heavy (non-hydrogen) atoms. The van der Waals surface area contributed by atoms with E-state index in [0.717, 1.165) is 16.3 Å². The molecule has 0 spiro atoms. The molecule has 0 saturated carbocycles. The summed E-state index contributed by atoms with van der Waals surface area (Å²) in [5, 5.41) is 6.24. The number of nitrogens with zero attached hydrogens (tertiary/aromatic N) is 3. The van der Waals surface area contributed by atoms with Gasteiger partial charge in [0.2, 0.25) is 4.96 Å². The number of aryl methyl sites for hydroxylation is 1. The van der Waals surface area contributed by atoms with Crippen LogP contribution in [-0.2, 0) is 0 Å². The highest BCUT2D eigenvalue weighted by Crippen LogP contribution is 2.23. The zero-order valence-corrected chi connectivity index (χ0v) is 9.53. The van der Waals surface area contributed by atoms with E-state index in [1.54, 1.807) is 4.52 Å². The van der Waals surface area contributed by atoms with Crippen molar-refractivity contribution in [1.29, 1.82) is 0 Å². The minimum Gasteiger partial charge on any atom is -0.383 e. The normalized spacial score (nSPS) is 11.1. The molecule has 5 heteroatoms. The van der Waals surface area contributed by atoms with Crippen molar-refractivity contribution in [3.05, 3.63) is 35.2 Å². The first kappa shape index (κ1) is 9.35. The van der Waals surface area contributed by atoms with Crippen LogP contribution in [0, 0.1) is 6.92 Å². The van der Waals surface area contributed by atoms with Gasteiger partial charge in [0.15, 0.2) is 5.82 Å². The van der Waals surface area contributed by atoms with Crippen molar-refractivity contribution in [2.75, 3.05) is 5.73 Å². The van der Waals surface area contributed by atoms with Crippen LogP contribution >= 0.6 is 11.3 Å². The van der Waals surface area contributed by atoms with Crippen LogP contribution < -0.4 is 5.73 Å². The van der Waals surface area contributed by atoms with Crippen molar-refractivity contribution in [2.24, 2.45) is 0 Å². The third-order valence-corrected chi connectivity index (χ3v) is 3.33. The maximum atomic E-state index is 5.78. The highest BCUT2D eigenvalue weighted by molar-refractivity contribution is 7.15. The van der Waals surface area contributed by atoms with Gasteiger partial charge in [-0.2, -0.15) is 9.50 Å². The van der Waals surface area contributed by atoms with Crippen LogP contribution in [0.1, 0.15) is 5.56 Å². The highest BCUT2D eigenvalue weighted by Gasteiger charge is 2.10. The lowest BCUT2D eigenvalue weighted by atomic mass is 10.1. The lowest BCUT2D eigenvalue weighted by Crippen LogP contribution is -1.93. The quantitative estimate of drug-likeness (QED) is 0.698. The van der Waals surface area contributed by atoms with Gasteiger partial charge in [0.1, 0.15) is 5.82 Å². The number of rotatable bonds is 1. The van der Waals surface area contributed by atoms with E-state index in [-0.39, 0.29) is 0 Å². The molecule has 3 aromatic rings. The number of anilines is 1. The second-order valence-electron chi connectivity index (χ2n) is 3.61. The van der Waals surface area contributed by atoms with E-state index in [1.165, 1.54) is 16.9 Å². The van der Waals surface area contributed by atoms with Crippen LogP contribution in [0.15, 0.2) is 29.6 Å². The average Bonchev–Trinajstić information content (AvgIpc) is 2.82. The van der Waals surface area contributed by atoms with E-state index in [1.807, 2.05) is 36.6 Å². The number of hydrogen-bond donors (Lipinski definition) is 1. The summed E-state index contributed by atoms with van der Waals surface area (Å²) in [6, 6.07) is 8.06. The smallest absolute Gasteiger partial charge is 0.214 e. The third kappa shape index (κ3) is 1.29. The fourth-order valence-corrected chi connectivity index (χ4v) is 2.35. The maximum Gasteiger partial charge on any atom is 0.214 e. The van der Waals surface area contributed by atoms with Gasteiger partial charge < -0.3 is 5.73 Å². The maximum absolute atomic E-state index is 5.78. The third-order valence-electron chi connectivity index (χ3n) is 2.49. The van der Waals surface area contributed by atoms with Crippen LogP contribution in [0.5, 0.6) is 0 Å². The molecule has 0 saturated heterocycles. The number of nitrogen functional groups attached to an aromatic ring is 1. The van der Waals surface area contributed by atoms with Crippen LogP contribution in [0.25, 0.3) is 16.3 Å². The Morgan fingerprint density at radius 2 is 2.12 bits per heavy atom. The summed E-state index contributed by atoms with van der Waals surface area (Å²) in [5.74, 6) is 1.36. The molecule has 0 unspecified atom stereocenters. The molecule has 4 nitrogen and oxygen atoms in total. The molecular weight excluding hydrogens is 220 g/mol. The number of benzene rings is 1. The van der Waals surface area contributed by atoms with Crippen LogP contribution in [0.4, 0.5) is 5.82 Å². The Hall–Kier alpha value is -1.88. The summed E-state index contributed by atoms with van der Waals surface area (Å²) >= 11 is 1.50. The number of aromatic nitrogens is 3. The zero-order chi connectivity index (χ0) is 11.1. The van der Waals surface area contributed by atoms with Crippen molar-refractivity contribution < 1.29 is 0 Å². The van der Waals surface area contributed by atoms with Gasteiger partial charge in [-0.3, -0.25) is 0 Å². The van der Waals surface area contributed by atoms with Gasteiger partial charge in [0.25, 0.3) is 0 Å². The lowest BCUT2D eigenvalue weighted by Gasteiger charge is -1.98. The molecule has 0 radical (unpaired) electrons. The second-order valence-corrected chi connectivity index (χ2v) is 4.44. The molecule has 3 rings (SSSR count). The molecular formula is C11H10N4S. The van der Waals surface area contributed by atoms with Gasteiger partial charge in [-0.1, -0.05) is 24.3 Å². The predicted octanol–water partition coefficient (Wildman–Crippen LogP) is 2.35. The summed E-state index contributed by atoms with van der Waals surface area (Å²) in [7, 11) is 0. The summed E-state index contributed by atoms with van der Waals surface area (Å²) in [5.41, 5.74) is 8.00. The molecule has 1 aromatic carbocycles. The van der Waals surface area contributed by atoms with Gasteiger partial charge in [0.05, 0.1) is 0 Å². The van der Waals surface area contributed by atoms with Gasteiger partial charge in [-0.05, 0) is 12.5 Å². The van der Waals surface area contributed by atoms with Gasteiger partial charge in [-0.25, -0.2) is 0 Å². The number of hydrogen-bond acceptors (Lipinski definition) is 4. The molecule has 0 bridgehead atoms. The summed E-state index contributed by atoms with van der Waals surface area (Å²) < 4.78 is 1.67. The summed E-state index contributed by atoms with van der Waals surface area (Å²) in [6.45, 7) is 2.05. The molecule has 0 aliphatic carbocycles. The standard InChI is InChI=1S/C11H10N4S/c1-7-4-2-3-5-8(7)10-13-11-15(14-10)9(12)6-16-11/h2-6H,12H2,1H3. The molecule has 2 heterocycles. The minimum atomic E-state index is 0.632. The molecule has 80 valence electrons. The number of fused-ring (bicyclic) bond motifs is 1. The van der Waals surface area contributed by atoms with Crippen molar-refractivity contribution in [3.63, 3.8) is 0 Å². The van der Waals surface area contributed by atoms with Gasteiger partial charge >= 0.3 is 0 Å². The minimum absolute atomic E-state index is 0.632. The van der Waals surface area contributed by atoms with E-state index in [0.29, 0.717) is 5.82 Å². The molecule has 0 aliphatic heterocycles.